The molecule has 20 heavy (non-hydrogen) atoms. The summed E-state index contributed by atoms with van der Waals surface area (Å²) in [6.45, 7) is 4.99. The van der Waals surface area contributed by atoms with E-state index in [0.717, 1.165) is 41.1 Å². The van der Waals surface area contributed by atoms with Crippen LogP contribution in [0.3, 0.4) is 0 Å². The van der Waals surface area contributed by atoms with Crippen molar-refractivity contribution in [2.75, 3.05) is 20.2 Å². The van der Waals surface area contributed by atoms with Gasteiger partial charge in [-0.05, 0) is 25.0 Å². The molecule has 1 N–H and O–H groups in total. The van der Waals surface area contributed by atoms with Crippen molar-refractivity contribution in [1.82, 2.24) is 4.90 Å². The molecule has 110 valence electrons. The summed E-state index contributed by atoms with van der Waals surface area (Å²) in [4.78, 5) is 15.7. The number of nitrogens with zero attached hydrogens (tertiary/aromatic N) is 1. The second-order valence-electron chi connectivity index (χ2n) is 4.83. The van der Waals surface area contributed by atoms with Gasteiger partial charge in [0.25, 0.3) is 5.91 Å². The van der Waals surface area contributed by atoms with Gasteiger partial charge >= 0.3 is 0 Å². The lowest BCUT2D eigenvalue weighted by molar-refractivity contribution is 0.0797. The first-order chi connectivity index (χ1) is 9.60. The maximum atomic E-state index is 12.3. The third-order valence-corrected chi connectivity index (χ3v) is 4.15. The first-order valence-electron chi connectivity index (χ1n) is 7.05. The minimum Gasteiger partial charge on any atom is -0.395 e. The Kier molecular flexibility index (Phi) is 7.35. The van der Waals surface area contributed by atoms with Crippen molar-refractivity contribution >= 4 is 17.2 Å². The minimum atomic E-state index is 0.0728. The third-order valence-electron chi connectivity index (χ3n) is 3.01. The molecule has 0 saturated carbocycles. The summed E-state index contributed by atoms with van der Waals surface area (Å²) in [6.07, 6.45) is 3.83. The van der Waals surface area contributed by atoms with Crippen LogP contribution in [0.25, 0.3) is 0 Å². The number of hydrogen-bond acceptors (Lipinski definition) is 3. The van der Waals surface area contributed by atoms with Crippen molar-refractivity contribution in [3.63, 3.8) is 0 Å². The molecule has 1 rings (SSSR count). The van der Waals surface area contributed by atoms with E-state index in [9.17, 15) is 4.79 Å². The Bertz CT molecular complexity index is 496. The first kappa shape index (κ1) is 16.7. The SMILES string of the molecule is CCCCCN(C)C(=O)c1cc(C)c(C#CCCO)s1. The number of aliphatic hydroxyl groups excluding tert-OH is 1. The number of unbranched alkanes of at least 4 members (excludes halogenated alkanes) is 2. The van der Waals surface area contributed by atoms with E-state index in [-0.39, 0.29) is 12.5 Å². The molecular weight excluding hydrogens is 270 g/mol. The Morgan fingerprint density at radius 2 is 2.20 bits per heavy atom. The predicted octanol–water partition coefficient (Wildman–Crippen LogP) is 3.05. The monoisotopic (exact) mass is 293 g/mol. The van der Waals surface area contributed by atoms with Crippen molar-refractivity contribution in [3.05, 3.63) is 21.4 Å². The van der Waals surface area contributed by atoms with Gasteiger partial charge in [0.15, 0.2) is 0 Å². The summed E-state index contributed by atoms with van der Waals surface area (Å²) in [5.74, 6) is 5.99. The van der Waals surface area contributed by atoms with Crippen molar-refractivity contribution in [1.29, 1.82) is 0 Å². The molecule has 1 aromatic heterocycles. The van der Waals surface area contributed by atoms with E-state index in [1.807, 2.05) is 20.0 Å². The number of thiophene rings is 1. The van der Waals surface area contributed by atoms with Crippen LogP contribution in [0.15, 0.2) is 6.07 Å². The highest BCUT2D eigenvalue weighted by molar-refractivity contribution is 7.14. The van der Waals surface area contributed by atoms with Gasteiger partial charge in [0.05, 0.1) is 16.4 Å². The van der Waals surface area contributed by atoms with Gasteiger partial charge < -0.3 is 10.0 Å². The molecule has 4 heteroatoms. The summed E-state index contributed by atoms with van der Waals surface area (Å²) in [7, 11) is 1.85. The molecule has 0 bridgehead atoms. The maximum absolute atomic E-state index is 12.3. The molecule has 0 fully saturated rings. The van der Waals surface area contributed by atoms with Crippen LogP contribution in [0.2, 0.25) is 0 Å². The average molecular weight is 293 g/mol. The lowest BCUT2D eigenvalue weighted by atomic mass is 10.2. The van der Waals surface area contributed by atoms with Gasteiger partial charge in [-0.15, -0.1) is 11.3 Å². The molecule has 0 atom stereocenters. The molecule has 3 nitrogen and oxygen atoms in total. The number of rotatable bonds is 6. The molecule has 0 unspecified atom stereocenters. The standard InChI is InChI=1S/C16H23NO2S/c1-4-5-7-10-17(3)16(19)15-12-13(2)14(20-15)9-6-8-11-18/h12,18H,4-5,7-8,10-11H2,1-3H3. The van der Waals surface area contributed by atoms with E-state index in [1.54, 1.807) is 4.90 Å². The highest BCUT2D eigenvalue weighted by atomic mass is 32.1. The summed E-state index contributed by atoms with van der Waals surface area (Å²) in [6, 6.07) is 1.91. The minimum absolute atomic E-state index is 0.0728. The van der Waals surface area contributed by atoms with E-state index >= 15 is 0 Å². The molecule has 1 amide bonds. The third kappa shape index (κ3) is 4.99. The number of amides is 1. The lowest BCUT2D eigenvalue weighted by Crippen LogP contribution is -2.26. The van der Waals surface area contributed by atoms with Crippen LogP contribution in [-0.4, -0.2) is 36.1 Å². The van der Waals surface area contributed by atoms with Crippen molar-refractivity contribution < 1.29 is 9.90 Å². The van der Waals surface area contributed by atoms with Gasteiger partial charge in [0.2, 0.25) is 0 Å². The Hall–Kier alpha value is -1.31. The van der Waals surface area contributed by atoms with Crippen LogP contribution in [0, 0.1) is 18.8 Å². The van der Waals surface area contributed by atoms with Gasteiger partial charge in [0.1, 0.15) is 0 Å². The van der Waals surface area contributed by atoms with Crippen molar-refractivity contribution in [3.8, 4) is 11.8 Å². The van der Waals surface area contributed by atoms with Crippen LogP contribution in [0.5, 0.6) is 0 Å². The topological polar surface area (TPSA) is 40.5 Å². The second-order valence-corrected chi connectivity index (χ2v) is 5.88. The molecule has 0 aromatic carbocycles. The number of aliphatic hydroxyl groups is 1. The molecule has 0 aliphatic carbocycles. The second kappa shape index (κ2) is 8.78. The number of hydrogen-bond donors (Lipinski definition) is 1. The summed E-state index contributed by atoms with van der Waals surface area (Å²) in [5, 5.41) is 8.72. The molecule has 0 aliphatic rings. The van der Waals surface area contributed by atoms with E-state index in [1.165, 1.54) is 11.3 Å². The number of carbonyl (C=O) groups is 1. The quantitative estimate of drug-likeness (QED) is 0.647. The molecule has 1 aromatic rings. The van der Waals surface area contributed by atoms with Gasteiger partial charge in [0, 0.05) is 20.0 Å². The van der Waals surface area contributed by atoms with Crippen LogP contribution < -0.4 is 0 Å². The molecule has 1 heterocycles. The van der Waals surface area contributed by atoms with E-state index < -0.39 is 0 Å². The Balaban J connectivity index is 2.70. The van der Waals surface area contributed by atoms with Crippen LogP contribution in [0.1, 0.15) is 52.7 Å². The van der Waals surface area contributed by atoms with Crippen LogP contribution in [-0.2, 0) is 0 Å². The van der Waals surface area contributed by atoms with Gasteiger partial charge in [-0.1, -0.05) is 31.6 Å². The number of aryl methyl sites for hydroxylation is 1. The highest BCUT2D eigenvalue weighted by Gasteiger charge is 2.15. The smallest absolute Gasteiger partial charge is 0.263 e. The fourth-order valence-corrected chi connectivity index (χ4v) is 2.84. The maximum Gasteiger partial charge on any atom is 0.263 e. The van der Waals surface area contributed by atoms with Gasteiger partial charge in [-0.2, -0.15) is 0 Å². The first-order valence-corrected chi connectivity index (χ1v) is 7.87. The Morgan fingerprint density at radius 1 is 1.45 bits per heavy atom. The Morgan fingerprint density at radius 3 is 2.85 bits per heavy atom. The predicted molar refractivity (Wildman–Crippen MR) is 84.1 cm³/mol. The summed E-state index contributed by atoms with van der Waals surface area (Å²) in [5.41, 5.74) is 1.03. The summed E-state index contributed by atoms with van der Waals surface area (Å²) >= 11 is 1.44. The zero-order chi connectivity index (χ0) is 15.0. The number of carbonyl (C=O) groups excluding carboxylic acids is 1. The highest BCUT2D eigenvalue weighted by Crippen LogP contribution is 2.22. The molecular formula is C16H23NO2S. The largest absolute Gasteiger partial charge is 0.395 e. The molecule has 0 spiro atoms. The lowest BCUT2D eigenvalue weighted by Gasteiger charge is -2.15. The van der Waals surface area contributed by atoms with E-state index in [2.05, 4.69) is 18.8 Å². The molecule has 0 saturated heterocycles. The van der Waals surface area contributed by atoms with Crippen molar-refractivity contribution in [2.45, 2.75) is 39.5 Å². The van der Waals surface area contributed by atoms with E-state index in [4.69, 9.17) is 5.11 Å². The molecule has 0 radical (unpaired) electrons. The van der Waals surface area contributed by atoms with E-state index in [0.29, 0.717) is 6.42 Å². The Labute approximate surface area is 125 Å². The van der Waals surface area contributed by atoms with Crippen LogP contribution in [0.4, 0.5) is 0 Å². The zero-order valence-corrected chi connectivity index (χ0v) is 13.3. The molecule has 0 aliphatic heterocycles. The normalized spacial score (nSPS) is 10.0. The van der Waals surface area contributed by atoms with Gasteiger partial charge in [-0.25, -0.2) is 0 Å². The fraction of sp³-hybridized carbons (Fsp3) is 0.562. The van der Waals surface area contributed by atoms with Crippen LogP contribution >= 0.6 is 11.3 Å². The average Bonchev–Trinajstić information content (AvgIpc) is 2.80. The van der Waals surface area contributed by atoms with Gasteiger partial charge in [-0.3, -0.25) is 4.79 Å². The summed E-state index contributed by atoms with van der Waals surface area (Å²) < 4.78 is 0. The van der Waals surface area contributed by atoms with Crippen molar-refractivity contribution in [2.24, 2.45) is 0 Å². The fourth-order valence-electron chi connectivity index (χ4n) is 1.80. The zero-order valence-electron chi connectivity index (χ0n) is 12.5.